The molecule has 3 fully saturated rings. The van der Waals surface area contributed by atoms with E-state index in [4.69, 9.17) is 13.9 Å². The van der Waals surface area contributed by atoms with Crippen molar-refractivity contribution in [3.05, 3.63) is 17.3 Å². The van der Waals surface area contributed by atoms with Crippen molar-refractivity contribution >= 4 is 5.91 Å². The van der Waals surface area contributed by atoms with Crippen LogP contribution in [0, 0.1) is 19.8 Å². The third kappa shape index (κ3) is 3.10. The van der Waals surface area contributed by atoms with Crippen molar-refractivity contribution in [3.8, 4) is 0 Å². The van der Waals surface area contributed by atoms with Gasteiger partial charge in [-0.15, -0.1) is 0 Å². The molecule has 4 rings (SSSR count). The Labute approximate surface area is 148 Å². The lowest BCUT2D eigenvalue weighted by Crippen LogP contribution is -2.53. The Morgan fingerprint density at radius 1 is 1.32 bits per heavy atom. The van der Waals surface area contributed by atoms with Gasteiger partial charge in [0, 0.05) is 27.2 Å². The summed E-state index contributed by atoms with van der Waals surface area (Å²) in [5.41, 5.74) is 0.424. The number of hydrogen-bond acceptors (Lipinski definition) is 5. The number of aromatic nitrogens is 1. The van der Waals surface area contributed by atoms with Gasteiger partial charge in [-0.2, -0.15) is 0 Å². The number of rotatable bonds is 5. The topological polar surface area (TPSA) is 64.8 Å². The molecule has 6 heteroatoms. The molecule has 138 valence electrons. The number of hydrogen-bond donors (Lipinski definition) is 0. The summed E-state index contributed by atoms with van der Waals surface area (Å²) >= 11 is 0. The minimum Gasteiger partial charge on any atom is -0.436 e. The first kappa shape index (κ1) is 17.0. The van der Waals surface area contributed by atoms with Crippen molar-refractivity contribution in [2.24, 2.45) is 5.92 Å². The minimum absolute atomic E-state index is 0.0489. The molecular formula is C19H28N2O4. The van der Waals surface area contributed by atoms with Gasteiger partial charge in [-0.1, -0.05) is 0 Å². The van der Waals surface area contributed by atoms with E-state index in [1.54, 1.807) is 14.0 Å². The largest absolute Gasteiger partial charge is 0.436 e. The quantitative estimate of drug-likeness (QED) is 0.819. The summed E-state index contributed by atoms with van der Waals surface area (Å²) in [4.78, 5) is 19.3. The van der Waals surface area contributed by atoms with E-state index in [2.05, 4.69) is 4.98 Å². The normalized spacial score (nSPS) is 32.0. The van der Waals surface area contributed by atoms with Crippen LogP contribution in [-0.2, 0) is 9.47 Å². The molecule has 2 aliphatic carbocycles. The van der Waals surface area contributed by atoms with E-state index < -0.39 is 0 Å². The molecule has 2 saturated carbocycles. The summed E-state index contributed by atoms with van der Waals surface area (Å²) in [5, 5.41) is 0. The Morgan fingerprint density at radius 2 is 2.12 bits per heavy atom. The lowest BCUT2D eigenvalue weighted by atomic mass is 9.79. The lowest BCUT2D eigenvalue weighted by molar-refractivity contribution is -0.0979. The smallest absolute Gasteiger partial charge is 0.291 e. The fourth-order valence-corrected chi connectivity index (χ4v) is 4.47. The van der Waals surface area contributed by atoms with E-state index in [1.807, 2.05) is 11.8 Å². The molecule has 3 unspecified atom stereocenters. The number of aryl methyl sites for hydroxylation is 2. The minimum atomic E-state index is -0.238. The molecule has 1 saturated heterocycles. The summed E-state index contributed by atoms with van der Waals surface area (Å²) in [6.07, 6.45) is 6.50. The zero-order valence-corrected chi connectivity index (χ0v) is 15.4. The van der Waals surface area contributed by atoms with Crippen LogP contribution >= 0.6 is 0 Å². The summed E-state index contributed by atoms with van der Waals surface area (Å²) in [6.45, 7) is 5.17. The monoisotopic (exact) mass is 348 g/mol. The fourth-order valence-electron chi connectivity index (χ4n) is 4.47. The van der Waals surface area contributed by atoms with Gasteiger partial charge in [-0.05, 0) is 51.4 Å². The molecule has 0 radical (unpaired) electrons. The number of fused-ring (bicyclic) bond motifs is 1. The number of likely N-dealkylation sites (tertiary alicyclic amines) is 1. The standard InChI is InChI=1S/C19H28N2O4/c1-12-17(25-13(2)20-12)18(22)21-9-8-19(23-3)7-6-15(10-16(19)21)24-11-14-4-5-14/h14-16H,4-11H2,1-3H3. The Balaban J connectivity index is 1.51. The third-order valence-electron chi connectivity index (χ3n) is 6.16. The van der Waals surface area contributed by atoms with E-state index in [0.29, 0.717) is 23.9 Å². The van der Waals surface area contributed by atoms with Gasteiger partial charge in [0.1, 0.15) is 0 Å². The van der Waals surface area contributed by atoms with Crippen molar-refractivity contribution in [1.82, 2.24) is 9.88 Å². The van der Waals surface area contributed by atoms with Crippen molar-refractivity contribution < 1.29 is 18.7 Å². The second-order valence-electron chi connectivity index (χ2n) is 7.85. The van der Waals surface area contributed by atoms with Crippen LogP contribution in [-0.4, -0.2) is 53.8 Å². The van der Waals surface area contributed by atoms with Gasteiger partial charge in [-0.25, -0.2) is 4.98 Å². The molecule has 2 heterocycles. The molecule has 1 aromatic heterocycles. The summed E-state index contributed by atoms with van der Waals surface area (Å²) in [7, 11) is 1.77. The van der Waals surface area contributed by atoms with Crippen LogP contribution in [0.15, 0.2) is 4.42 Å². The van der Waals surface area contributed by atoms with Crippen LogP contribution < -0.4 is 0 Å². The predicted molar refractivity (Wildman–Crippen MR) is 91.5 cm³/mol. The van der Waals surface area contributed by atoms with E-state index in [-0.39, 0.29) is 23.7 Å². The van der Waals surface area contributed by atoms with Gasteiger partial charge in [0.2, 0.25) is 5.76 Å². The molecule has 1 aliphatic heterocycles. The number of ether oxygens (including phenoxy) is 2. The lowest BCUT2D eigenvalue weighted by Gasteiger charge is -2.43. The van der Waals surface area contributed by atoms with Crippen LogP contribution in [0.3, 0.4) is 0 Å². The van der Waals surface area contributed by atoms with E-state index in [0.717, 1.165) is 38.2 Å². The van der Waals surface area contributed by atoms with Crippen LogP contribution in [0.25, 0.3) is 0 Å². The molecular weight excluding hydrogens is 320 g/mol. The molecule has 1 aromatic rings. The van der Waals surface area contributed by atoms with Crippen LogP contribution in [0.4, 0.5) is 0 Å². The Bertz CT molecular complexity index is 654. The zero-order chi connectivity index (χ0) is 17.6. The van der Waals surface area contributed by atoms with Gasteiger partial charge in [0.25, 0.3) is 5.91 Å². The first-order valence-electron chi connectivity index (χ1n) is 9.44. The maximum atomic E-state index is 13.1. The maximum absolute atomic E-state index is 13.1. The van der Waals surface area contributed by atoms with E-state index >= 15 is 0 Å². The highest BCUT2D eigenvalue weighted by molar-refractivity contribution is 5.93. The SMILES string of the molecule is COC12CCC(OCC3CC3)CC1N(C(=O)c1oc(C)nc1C)CC2. The zero-order valence-electron chi connectivity index (χ0n) is 15.4. The number of carbonyl (C=O) groups excluding carboxylic acids is 1. The van der Waals surface area contributed by atoms with Gasteiger partial charge in [0.05, 0.1) is 23.4 Å². The van der Waals surface area contributed by atoms with Gasteiger partial charge in [0.15, 0.2) is 5.89 Å². The predicted octanol–water partition coefficient (Wildman–Crippen LogP) is 2.87. The van der Waals surface area contributed by atoms with E-state index in [1.165, 1.54) is 12.8 Å². The first-order chi connectivity index (χ1) is 12.0. The molecule has 0 N–H and O–H groups in total. The van der Waals surface area contributed by atoms with Crippen molar-refractivity contribution in [3.63, 3.8) is 0 Å². The summed E-state index contributed by atoms with van der Waals surface area (Å²) < 4.78 is 17.7. The number of oxazole rings is 1. The first-order valence-corrected chi connectivity index (χ1v) is 9.44. The highest BCUT2D eigenvalue weighted by atomic mass is 16.5. The van der Waals surface area contributed by atoms with Crippen LogP contribution in [0.5, 0.6) is 0 Å². The summed E-state index contributed by atoms with van der Waals surface area (Å²) in [6, 6.07) is 0.0489. The summed E-state index contributed by atoms with van der Waals surface area (Å²) in [5.74, 6) is 1.60. The molecule has 6 nitrogen and oxygen atoms in total. The molecule has 3 atom stereocenters. The van der Waals surface area contributed by atoms with E-state index in [9.17, 15) is 4.79 Å². The second-order valence-corrected chi connectivity index (χ2v) is 7.85. The van der Waals surface area contributed by atoms with Crippen molar-refractivity contribution in [2.75, 3.05) is 20.3 Å². The average Bonchev–Trinajstić information content (AvgIpc) is 3.27. The van der Waals surface area contributed by atoms with Crippen LogP contribution in [0.2, 0.25) is 0 Å². The third-order valence-corrected chi connectivity index (χ3v) is 6.16. The molecule has 0 bridgehead atoms. The average molecular weight is 348 g/mol. The van der Waals surface area contributed by atoms with Gasteiger partial charge in [-0.3, -0.25) is 4.79 Å². The van der Waals surface area contributed by atoms with Gasteiger partial charge < -0.3 is 18.8 Å². The van der Waals surface area contributed by atoms with Crippen molar-refractivity contribution in [1.29, 1.82) is 0 Å². The molecule has 0 spiro atoms. The van der Waals surface area contributed by atoms with Gasteiger partial charge >= 0.3 is 0 Å². The molecule has 1 amide bonds. The highest BCUT2D eigenvalue weighted by Crippen LogP contribution is 2.44. The Morgan fingerprint density at radius 3 is 2.76 bits per heavy atom. The number of nitrogens with zero attached hydrogens (tertiary/aromatic N) is 2. The number of amides is 1. The Hall–Kier alpha value is -1.40. The fraction of sp³-hybridized carbons (Fsp3) is 0.789. The van der Waals surface area contributed by atoms with Crippen LogP contribution in [0.1, 0.15) is 60.7 Å². The molecule has 3 aliphatic rings. The molecule has 0 aromatic carbocycles. The Kier molecular flexibility index (Phi) is 4.36. The van der Waals surface area contributed by atoms with Crippen molar-refractivity contribution in [2.45, 2.75) is 70.1 Å². The molecule has 25 heavy (non-hydrogen) atoms. The number of carbonyl (C=O) groups is 1. The number of methoxy groups -OCH3 is 1. The highest BCUT2D eigenvalue weighted by Gasteiger charge is 2.53. The second kappa shape index (κ2) is 6.40. The maximum Gasteiger partial charge on any atom is 0.291 e.